The van der Waals surface area contributed by atoms with Crippen molar-refractivity contribution in [1.82, 2.24) is 0 Å². The fraction of sp³-hybridized carbons (Fsp3) is 0.600. The van der Waals surface area contributed by atoms with Gasteiger partial charge in [0.05, 0.1) is 19.8 Å². The summed E-state index contributed by atoms with van der Waals surface area (Å²) in [6, 6.07) is 5.83. The first-order valence-corrected chi connectivity index (χ1v) is 6.72. The first-order chi connectivity index (χ1) is 8.76. The summed E-state index contributed by atoms with van der Waals surface area (Å²) in [4.78, 5) is 0. The number of nitrogens with two attached hydrogens (primary N) is 1. The van der Waals surface area contributed by atoms with Gasteiger partial charge in [0.15, 0.2) is 0 Å². The summed E-state index contributed by atoms with van der Waals surface area (Å²) in [5.41, 5.74) is 7.38. The molecule has 1 aliphatic rings. The number of ether oxygens (including phenoxy) is 2. The standard InChI is InChI=1S/C15H23NO2/c1-17-13-8-5-9-14(18-2)15(13)12(16)10-11-6-3-4-7-11/h5,8-9,11-12H,3-4,6-7,10,16H2,1-2H3. The van der Waals surface area contributed by atoms with Gasteiger partial charge in [-0.1, -0.05) is 31.7 Å². The first-order valence-electron chi connectivity index (χ1n) is 6.72. The fourth-order valence-corrected chi connectivity index (χ4v) is 2.97. The molecule has 0 amide bonds. The van der Waals surface area contributed by atoms with Crippen molar-refractivity contribution in [2.24, 2.45) is 11.7 Å². The lowest BCUT2D eigenvalue weighted by Crippen LogP contribution is -2.16. The highest BCUT2D eigenvalue weighted by Gasteiger charge is 2.23. The molecule has 3 nitrogen and oxygen atoms in total. The lowest BCUT2D eigenvalue weighted by atomic mass is 9.93. The summed E-state index contributed by atoms with van der Waals surface area (Å²) in [5.74, 6) is 2.43. The molecule has 18 heavy (non-hydrogen) atoms. The summed E-state index contributed by atoms with van der Waals surface area (Å²) in [5, 5.41) is 0. The quantitative estimate of drug-likeness (QED) is 0.871. The second-order valence-corrected chi connectivity index (χ2v) is 5.07. The van der Waals surface area contributed by atoms with Crippen molar-refractivity contribution in [3.63, 3.8) is 0 Å². The molecule has 0 heterocycles. The van der Waals surface area contributed by atoms with Gasteiger partial charge in [0.1, 0.15) is 11.5 Å². The highest BCUT2D eigenvalue weighted by Crippen LogP contribution is 2.38. The van der Waals surface area contributed by atoms with Crippen molar-refractivity contribution < 1.29 is 9.47 Å². The Morgan fingerprint density at radius 3 is 2.22 bits per heavy atom. The molecule has 1 aromatic carbocycles. The van der Waals surface area contributed by atoms with Gasteiger partial charge in [-0.15, -0.1) is 0 Å². The van der Waals surface area contributed by atoms with Gasteiger partial charge in [-0.05, 0) is 24.5 Å². The molecule has 2 rings (SSSR count). The second-order valence-electron chi connectivity index (χ2n) is 5.07. The lowest BCUT2D eigenvalue weighted by molar-refractivity contribution is 0.366. The van der Waals surface area contributed by atoms with E-state index in [1.54, 1.807) is 14.2 Å². The van der Waals surface area contributed by atoms with E-state index in [4.69, 9.17) is 15.2 Å². The van der Waals surface area contributed by atoms with Gasteiger partial charge in [0, 0.05) is 6.04 Å². The van der Waals surface area contributed by atoms with E-state index < -0.39 is 0 Å². The Hall–Kier alpha value is -1.22. The first kappa shape index (κ1) is 13.2. The Morgan fingerprint density at radius 1 is 1.17 bits per heavy atom. The SMILES string of the molecule is COc1cccc(OC)c1C(N)CC1CCCC1. The van der Waals surface area contributed by atoms with Crippen LogP contribution in [0.4, 0.5) is 0 Å². The van der Waals surface area contributed by atoms with Crippen molar-refractivity contribution in [1.29, 1.82) is 0 Å². The fourth-order valence-electron chi connectivity index (χ4n) is 2.97. The van der Waals surface area contributed by atoms with Gasteiger partial charge in [0.25, 0.3) is 0 Å². The van der Waals surface area contributed by atoms with Gasteiger partial charge in [-0.3, -0.25) is 0 Å². The van der Waals surface area contributed by atoms with Crippen LogP contribution in [-0.2, 0) is 0 Å². The smallest absolute Gasteiger partial charge is 0.127 e. The minimum absolute atomic E-state index is 0.000741. The Kier molecular flexibility index (Phi) is 4.48. The molecule has 1 aromatic rings. The molecule has 1 aliphatic carbocycles. The summed E-state index contributed by atoms with van der Waals surface area (Å²) in [7, 11) is 3.36. The van der Waals surface area contributed by atoms with Gasteiger partial charge < -0.3 is 15.2 Å². The van der Waals surface area contributed by atoms with E-state index >= 15 is 0 Å². The molecule has 1 saturated carbocycles. The van der Waals surface area contributed by atoms with Crippen LogP contribution in [0.2, 0.25) is 0 Å². The van der Waals surface area contributed by atoms with E-state index in [1.807, 2.05) is 18.2 Å². The highest BCUT2D eigenvalue weighted by atomic mass is 16.5. The molecule has 0 bridgehead atoms. The van der Waals surface area contributed by atoms with Gasteiger partial charge >= 0.3 is 0 Å². The van der Waals surface area contributed by atoms with Crippen molar-refractivity contribution in [2.75, 3.05) is 14.2 Å². The Balaban J connectivity index is 2.18. The average molecular weight is 249 g/mol. The Bertz CT molecular complexity index is 364. The van der Waals surface area contributed by atoms with Crippen LogP contribution in [-0.4, -0.2) is 14.2 Å². The Labute approximate surface area is 109 Å². The van der Waals surface area contributed by atoms with Gasteiger partial charge in [-0.25, -0.2) is 0 Å². The van der Waals surface area contributed by atoms with Crippen molar-refractivity contribution in [2.45, 2.75) is 38.1 Å². The summed E-state index contributed by atoms with van der Waals surface area (Å²) in [6.07, 6.45) is 6.34. The minimum Gasteiger partial charge on any atom is -0.496 e. The van der Waals surface area contributed by atoms with Crippen LogP contribution in [0.1, 0.15) is 43.7 Å². The molecule has 1 atom stereocenters. The number of methoxy groups -OCH3 is 2. The molecule has 0 aliphatic heterocycles. The van der Waals surface area contributed by atoms with Crippen LogP contribution in [0.25, 0.3) is 0 Å². The van der Waals surface area contributed by atoms with Gasteiger partial charge in [0.2, 0.25) is 0 Å². The zero-order chi connectivity index (χ0) is 13.0. The van der Waals surface area contributed by atoms with E-state index in [0.29, 0.717) is 0 Å². The zero-order valence-electron chi connectivity index (χ0n) is 11.3. The third-order valence-corrected chi connectivity index (χ3v) is 3.90. The number of hydrogen-bond acceptors (Lipinski definition) is 3. The molecule has 1 unspecified atom stereocenters. The van der Waals surface area contributed by atoms with Crippen molar-refractivity contribution >= 4 is 0 Å². The van der Waals surface area contributed by atoms with Crippen LogP contribution >= 0.6 is 0 Å². The predicted octanol–water partition coefficient (Wildman–Crippen LogP) is 3.28. The van der Waals surface area contributed by atoms with Gasteiger partial charge in [-0.2, -0.15) is 0 Å². The average Bonchev–Trinajstić information content (AvgIpc) is 2.90. The molecule has 0 spiro atoms. The summed E-state index contributed by atoms with van der Waals surface area (Å²) < 4.78 is 10.8. The summed E-state index contributed by atoms with van der Waals surface area (Å²) >= 11 is 0. The van der Waals surface area contributed by atoms with Crippen molar-refractivity contribution in [3.05, 3.63) is 23.8 Å². The molecule has 0 aromatic heterocycles. The lowest BCUT2D eigenvalue weighted by Gasteiger charge is -2.21. The van der Waals surface area contributed by atoms with E-state index in [0.717, 1.165) is 29.4 Å². The molecule has 0 saturated heterocycles. The maximum Gasteiger partial charge on any atom is 0.127 e. The van der Waals surface area contributed by atoms with E-state index in [9.17, 15) is 0 Å². The van der Waals surface area contributed by atoms with E-state index in [-0.39, 0.29) is 6.04 Å². The molecule has 0 radical (unpaired) electrons. The Morgan fingerprint density at radius 2 is 1.72 bits per heavy atom. The number of benzene rings is 1. The van der Waals surface area contributed by atoms with Crippen LogP contribution in [0.3, 0.4) is 0 Å². The molecule has 2 N–H and O–H groups in total. The third-order valence-electron chi connectivity index (χ3n) is 3.90. The van der Waals surface area contributed by atoms with Crippen LogP contribution in [0.15, 0.2) is 18.2 Å². The highest BCUT2D eigenvalue weighted by molar-refractivity contribution is 5.46. The molecule has 1 fully saturated rings. The normalized spacial score (nSPS) is 17.7. The molecular weight excluding hydrogens is 226 g/mol. The monoisotopic (exact) mass is 249 g/mol. The molecule has 100 valence electrons. The van der Waals surface area contributed by atoms with Crippen LogP contribution < -0.4 is 15.2 Å². The third kappa shape index (κ3) is 2.78. The predicted molar refractivity (Wildman–Crippen MR) is 73.0 cm³/mol. The minimum atomic E-state index is -0.000741. The summed E-state index contributed by atoms with van der Waals surface area (Å²) in [6.45, 7) is 0. The van der Waals surface area contributed by atoms with Crippen molar-refractivity contribution in [3.8, 4) is 11.5 Å². The van der Waals surface area contributed by atoms with E-state index in [1.165, 1.54) is 25.7 Å². The second kappa shape index (κ2) is 6.10. The van der Waals surface area contributed by atoms with Crippen LogP contribution in [0.5, 0.6) is 11.5 Å². The maximum absolute atomic E-state index is 6.37. The topological polar surface area (TPSA) is 44.5 Å². The molecular formula is C15H23NO2. The maximum atomic E-state index is 6.37. The number of hydrogen-bond donors (Lipinski definition) is 1. The zero-order valence-corrected chi connectivity index (χ0v) is 11.3. The molecule has 3 heteroatoms. The van der Waals surface area contributed by atoms with Crippen LogP contribution in [0, 0.1) is 5.92 Å². The number of rotatable bonds is 5. The largest absolute Gasteiger partial charge is 0.496 e. The van der Waals surface area contributed by atoms with E-state index in [2.05, 4.69) is 0 Å².